The van der Waals surface area contributed by atoms with E-state index in [1.807, 2.05) is 29.8 Å². The number of thiazole rings is 1. The van der Waals surface area contributed by atoms with E-state index in [1.54, 1.807) is 36.6 Å². The summed E-state index contributed by atoms with van der Waals surface area (Å²) in [5.74, 6) is 0.798. The Hall–Kier alpha value is -2.60. The van der Waals surface area contributed by atoms with Gasteiger partial charge in [0.15, 0.2) is 0 Å². The maximum Gasteiger partial charge on any atom is 0.211 e. The number of aromatic hydroxyl groups is 1. The van der Waals surface area contributed by atoms with Crippen LogP contribution in [0.2, 0.25) is 0 Å². The summed E-state index contributed by atoms with van der Waals surface area (Å²) in [5, 5.41) is 18.1. The highest BCUT2D eigenvalue weighted by molar-refractivity contribution is 7.16. The summed E-state index contributed by atoms with van der Waals surface area (Å²) < 4.78 is 8.27. The van der Waals surface area contributed by atoms with Crippen molar-refractivity contribution in [2.24, 2.45) is 17.3 Å². The molecule has 5 nitrogen and oxygen atoms in total. The minimum absolute atomic E-state index is 0.139. The quantitative estimate of drug-likeness (QED) is 0.597. The molecule has 0 spiro atoms. The third-order valence-electron chi connectivity index (χ3n) is 3.29. The lowest BCUT2D eigenvalue weighted by molar-refractivity contribution is 0.412. The molecule has 0 aliphatic carbocycles. The molecule has 0 fully saturated rings. The molecule has 112 valence electrons. The second-order valence-corrected chi connectivity index (χ2v) is 5.69. The number of fused-ring (bicyclic) bond motifs is 1. The number of hydrogen-bond donors (Lipinski definition) is 1. The Morgan fingerprint density at radius 3 is 2.82 bits per heavy atom. The number of nitrogens with zero attached hydrogens (tertiary/aromatic N) is 3. The fourth-order valence-corrected chi connectivity index (χ4v) is 3.06. The second kappa shape index (κ2) is 6.03. The first-order valence-electron chi connectivity index (χ1n) is 6.67. The van der Waals surface area contributed by atoms with Crippen molar-refractivity contribution in [2.45, 2.75) is 0 Å². The van der Waals surface area contributed by atoms with Gasteiger partial charge in [0, 0.05) is 12.6 Å². The van der Waals surface area contributed by atoms with Gasteiger partial charge in [-0.2, -0.15) is 5.10 Å². The highest BCUT2D eigenvalue weighted by atomic mass is 32.1. The van der Waals surface area contributed by atoms with Gasteiger partial charge in [-0.25, -0.2) is 0 Å². The molecule has 0 saturated carbocycles. The number of aryl methyl sites for hydroxylation is 1. The third kappa shape index (κ3) is 2.73. The van der Waals surface area contributed by atoms with Crippen molar-refractivity contribution < 1.29 is 9.84 Å². The summed E-state index contributed by atoms with van der Waals surface area (Å²) in [4.78, 5) is 0.792. The van der Waals surface area contributed by atoms with Crippen LogP contribution in [0.15, 0.2) is 52.7 Å². The molecule has 3 aromatic rings. The Kier molecular flexibility index (Phi) is 3.93. The van der Waals surface area contributed by atoms with E-state index in [4.69, 9.17) is 4.74 Å². The van der Waals surface area contributed by atoms with Crippen molar-refractivity contribution in [3.05, 3.63) is 52.8 Å². The summed E-state index contributed by atoms with van der Waals surface area (Å²) in [6.45, 7) is 0. The van der Waals surface area contributed by atoms with Gasteiger partial charge in [-0.05, 0) is 30.3 Å². The molecule has 1 aromatic heterocycles. The average Bonchev–Trinajstić information content (AvgIpc) is 2.86. The number of rotatable bonds is 3. The smallest absolute Gasteiger partial charge is 0.211 e. The molecule has 0 radical (unpaired) electrons. The first-order chi connectivity index (χ1) is 10.7. The normalized spacial score (nSPS) is 12.4. The molecule has 0 aliphatic rings. The molecular weight excluding hydrogens is 298 g/mol. The molecule has 0 atom stereocenters. The van der Waals surface area contributed by atoms with Crippen LogP contribution in [0.5, 0.6) is 11.5 Å². The van der Waals surface area contributed by atoms with Gasteiger partial charge < -0.3 is 14.4 Å². The Bertz CT molecular complexity index is 909. The molecule has 0 aliphatic heterocycles. The van der Waals surface area contributed by atoms with Gasteiger partial charge >= 0.3 is 0 Å². The summed E-state index contributed by atoms with van der Waals surface area (Å²) in [5.41, 5.74) is 1.68. The van der Waals surface area contributed by atoms with Crippen molar-refractivity contribution in [2.75, 3.05) is 7.11 Å². The van der Waals surface area contributed by atoms with E-state index in [-0.39, 0.29) is 5.75 Å². The van der Waals surface area contributed by atoms with Gasteiger partial charge in [0.05, 0.1) is 23.5 Å². The number of para-hydroxylation sites is 1. The fourth-order valence-electron chi connectivity index (χ4n) is 2.08. The van der Waals surface area contributed by atoms with Crippen LogP contribution in [0.1, 0.15) is 5.56 Å². The number of benzene rings is 2. The molecule has 6 heteroatoms. The lowest BCUT2D eigenvalue weighted by atomic mass is 10.2. The number of phenols is 1. The Morgan fingerprint density at radius 1 is 1.23 bits per heavy atom. The van der Waals surface area contributed by atoms with E-state index in [0.717, 1.165) is 15.0 Å². The van der Waals surface area contributed by atoms with Gasteiger partial charge in [0.25, 0.3) is 0 Å². The van der Waals surface area contributed by atoms with Gasteiger partial charge in [-0.3, -0.25) is 0 Å². The molecule has 1 N–H and O–H groups in total. The van der Waals surface area contributed by atoms with Crippen LogP contribution in [-0.4, -0.2) is 23.0 Å². The maximum absolute atomic E-state index is 9.81. The second-order valence-electron chi connectivity index (χ2n) is 4.68. The minimum atomic E-state index is 0.139. The first kappa shape index (κ1) is 14.3. The van der Waals surface area contributed by atoms with Gasteiger partial charge in [-0.1, -0.05) is 23.5 Å². The predicted octanol–water partition coefficient (Wildman–Crippen LogP) is 2.89. The van der Waals surface area contributed by atoms with E-state index in [9.17, 15) is 5.11 Å². The first-order valence-corrected chi connectivity index (χ1v) is 7.49. The summed E-state index contributed by atoms with van der Waals surface area (Å²) >= 11 is 1.57. The van der Waals surface area contributed by atoms with Gasteiger partial charge in [0.1, 0.15) is 11.5 Å². The van der Waals surface area contributed by atoms with Crippen molar-refractivity contribution in [3.63, 3.8) is 0 Å². The molecule has 1 heterocycles. The van der Waals surface area contributed by atoms with Crippen molar-refractivity contribution >= 4 is 27.8 Å². The largest absolute Gasteiger partial charge is 0.507 e. The van der Waals surface area contributed by atoms with Crippen LogP contribution in [-0.2, 0) is 7.05 Å². The number of ether oxygens (including phenoxy) is 1. The predicted molar refractivity (Wildman–Crippen MR) is 88.6 cm³/mol. The van der Waals surface area contributed by atoms with Gasteiger partial charge in [0.2, 0.25) is 4.80 Å². The maximum atomic E-state index is 9.81. The highest BCUT2D eigenvalue weighted by Crippen LogP contribution is 2.21. The number of methoxy groups -OCH3 is 1. The molecular formula is C16H15N3O2S. The van der Waals surface area contributed by atoms with E-state index >= 15 is 0 Å². The van der Waals surface area contributed by atoms with E-state index in [0.29, 0.717) is 11.3 Å². The van der Waals surface area contributed by atoms with Crippen LogP contribution in [0.4, 0.5) is 0 Å². The Balaban J connectivity index is 1.97. The van der Waals surface area contributed by atoms with Crippen molar-refractivity contribution in [1.82, 2.24) is 4.57 Å². The summed E-state index contributed by atoms with van der Waals surface area (Å²) in [7, 11) is 3.53. The molecule has 0 amide bonds. The van der Waals surface area contributed by atoms with Crippen LogP contribution >= 0.6 is 11.3 Å². The van der Waals surface area contributed by atoms with Crippen molar-refractivity contribution in [3.8, 4) is 11.5 Å². The molecule has 0 bridgehead atoms. The molecule has 22 heavy (non-hydrogen) atoms. The Morgan fingerprint density at radius 2 is 2.05 bits per heavy atom. The van der Waals surface area contributed by atoms with Crippen LogP contribution in [0.25, 0.3) is 10.2 Å². The SMILES string of the molecule is COc1ccc(O)c(C=NN=c2sc3ccccc3n2C)c1. The lowest BCUT2D eigenvalue weighted by Gasteiger charge is -2.01. The Labute approximate surface area is 131 Å². The fraction of sp³-hybridized carbons (Fsp3) is 0.125. The zero-order valence-electron chi connectivity index (χ0n) is 12.2. The number of aromatic nitrogens is 1. The van der Waals surface area contributed by atoms with Crippen LogP contribution in [0, 0.1) is 0 Å². The zero-order chi connectivity index (χ0) is 15.5. The molecule has 0 unspecified atom stereocenters. The number of hydrogen-bond acceptors (Lipinski definition) is 5. The van der Waals surface area contributed by atoms with E-state index in [1.165, 1.54) is 6.21 Å². The third-order valence-corrected chi connectivity index (χ3v) is 4.39. The highest BCUT2D eigenvalue weighted by Gasteiger charge is 2.02. The number of phenolic OH excluding ortho intramolecular Hbond substituents is 1. The van der Waals surface area contributed by atoms with Gasteiger partial charge in [-0.15, -0.1) is 5.10 Å². The van der Waals surface area contributed by atoms with Crippen LogP contribution in [0.3, 0.4) is 0 Å². The zero-order valence-corrected chi connectivity index (χ0v) is 13.0. The standard InChI is InChI=1S/C16H15N3O2S/c1-19-13-5-3-4-6-15(13)22-16(19)18-17-10-11-9-12(21-2)7-8-14(11)20/h3-10,20H,1-2H3. The summed E-state index contributed by atoms with van der Waals surface area (Å²) in [6, 6.07) is 13.1. The van der Waals surface area contributed by atoms with Crippen LogP contribution < -0.4 is 9.54 Å². The molecule has 0 saturated heterocycles. The molecule has 2 aromatic carbocycles. The average molecular weight is 313 g/mol. The topological polar surface area (TPSA) is 59.1 Å². The van der Waals surface area contributed by atoms with Crippen molar-refractivity contribution in [1.29, 1.82) is 0 Å². The molecule has 3 rings (SSSR count). The lowest BCUT2D eigenvalue weighted by Crippen LogP contribution is -2.08. The minimum Gasteiger partial charge on any atom is -0.507 e. The summed E-state index contributed by atoms with van der Waals surface area (Å²) in [6.07, 6.45) is 1.52. The van der Waals surface area contributed by atoms with E-state index < -0.39 is 0 Å². The van der Waals surface area contributed by atoms with E-state index in [2.05, 4.69) is 16.3 Å². The monoisotopic (exact) mass is 313 g/mol.